The van der Waals surface area contributed by atoms with Crippen LogP contribution >= 0.6 is 0 Å². The van der Waals surface area contributed by atoms with Crippen LogP contribution in [0.1, 0.15) is 38.8 Å². The maximum absolute atomic E-state index is 12.2. The SMILES string of the molecule is CCS(=O)(=O)Nc1ccc(NC(=O)C=Cc2ccc(C(C)(C)C)cc2)cc1OC. The van der Waals surface area contributed by atoms with E-state index >= 15 is 0 Å². The van der Waals surface area contributed by atoms with Crippen LogP contribution in [-0.4, -0.2) is 27.2 Å². The van der Waals surface area contributed by atoms with Gasteiger partial charge in [-0.05, 0) is 41.7 Å². The molecule has 0 aliphatic rings. The molecule has 1 amide bonds. The van der Waals surface area contributed by atoms with Crippen LogP contribution in [0.5, 0.6) is 5.75 Å². The first-order valence-corrected chi connectivity index (χ1v) is 11.0. The van der Waals surface area contributed by atoms with Gasteiger partial charge in [0.25, 0.3) is 0 Å². The van der Waals surface area contributed by atoms with Gasteiger partial charge >= 0.3 is 0 Å². The summed E-state index contributed by atoms with van der Waals surface area (Å²) in [5, 5.41) is 2.74. The molecule has 0 atom stereocenters. The number of amides is 1. The van der Waals surface area contributed by atoms with Gasteiger partial charge in [-0.15, -0.1) is 0 Å². The topological polar surface area (TPSA) is 84.5 Å². The Morgan fingerprint density at radius 1 is 1.10 bits per heavy atom. The lowest BCUT2D eigenvalue weighted by atomic mass is 9.87. The molecular formula is C22H28N2O4S. The lowest BCUT2D eigenvalue weighted by Crippen LogP contribution is -2.15. The third-order valence-corrected chi connectivity index (χ3v) is 5.61. The maximum atomic E-state index is 12.2. The zero-order valence-electron chi connectivity index (χ0n) is 17.4. The molecule has 0 bridgehead atoms. The first kappa shape index (κ1) is 22.5. The minimum absolute atomic E-state index is 0.0455. The number of hydrogen-bond acceptors (Lipinski definition) is 4. The number of carbonyl (C=O) groups is 1. The molecule has 0 aliphatic carbocycles. The fraction of sp³-hybridized carbons (Fsp3) is 0.318. The monoisotopic (exact) mass is 416 g/mol. The maximum Gasteiger partial charge on any atom is 0.248 e. The molecule has 0 spiro atoms. The van der Waals surface area contributed by atoms with E-state index in [2.05, 4.69) is 42.9 Å². The molecule has 2 N–H and O–H groups in total. The fourth-order valence-corrected chi connectivity index (χ4v) is 3.19. The van der Waals surface area contributed by atoms with Gasteiger partial charge in [-0.25, -0.2) is 8.42 Å². The molecule has 2 rings (SSSR count). The number of sulfonamides is 1. The predicted molar refractivity (Wildman–Crippen MR) is 119 cm³/mol. The Kier molecular flexibility index (Phi) is 7.08. The number of ether oxygens (including phenoxy) is 1. The Hall–Kier alpha value is -2.80. The summed E-state index contributed by atoms with van der Waals surface area (Å²) >= 11 is 0. The minimum atomic E-state index is -3.42. The summed E-state index contributed by atoms with van der Waals surface area (Å²) in [6, 6.07) is 12.8. The zero-order chi connectivity index (χ0) is 21.7. The number of anilines is 2. The smallest absolute Gasteiger partial charge is 0.248 e. The molecule has 29 heavy (non-hydrogen) atoms. The van der Waals surface area contributed by atoms with E-state index in [9.17, 15) is 13.2 Å². The van der Waals surface area contributed by atoms with Crippen molar-refractivity contribution in [2.75, 3.05) is 22.9 Å². The Morgan fingerprint density at radius 2 is 1.76 bits per heavy atom. The van der Waals surface area contributed by atoms with E-state index in [-0.39, 0.29) is 17.1 Å². The van der Waals surface area contributed by atoms with Gasteiger partial charge in [0.2, 0.25) is 15.9 Å². The minimum Gasteiger partial charge on any atom is -0.494 e. The van der Waals surface area contributed by atoms with Crippen LogP contribution in [0.15, 0.2) is 48.5 Å². The quantitative estimate of drug-likeness (QED) is 0.655. The Labute approximate surface area is 173 Å². The highest BCUT2D eigenvalue weighted by atomic mass is 32.2. The molecule has 6 nitrogen and oxygen atoms in total. The van der Waals surface area contributed by atoms with Crippen LogP contribution in [0, 0.1) is 0 Å². The van der Waals surface area contributed by atoms with Crippen LogP contribution in [0.25, 0.3) is 6.08 Å². The van der Waals surface area contributed by atoms with Crippen molar-refractivity contribution in [2.24, 2.45) is 0 Å². The second-order valence-corrected chi connectivity index (χ2v) is 9.63. The molecule has 156 valence electrons. The lowest BCUT2D eigenvalue weighted by Gasteiger charge is -2.18. The number of methoxy groups -OCH3 is 1. The molecule has 0 saturated carbocycles. The lowest BCUT2D eigenvalue weighted by molar-refractivity contribution is -0.111. The molecule has 0 heterocycles. The van der Waals surface area contributed by atoms with Gasteiger partial charge in [-0.3, -0.25) is 9.52 Å². The molecule has 7 heteroatoms. The van der Waals surface area contributed by atoms with E-state index in [0.717, 1.165) is 5.56 Å². The van der Waals surface area contributed by atoms with Gasteiger partial charge in [0.1, 0.15) is 5.75 Å². The van der Waals surface area contributed by atoms with Crippen molar-refractivity contribution in [1.82, 2.24) is 0 Å². The van der Waals surface area contributed by atoms with Gasteiger partial charge < -0.3 is 10.1 Å². The Balaban J connectivity index is 2.07. The van der Waals surface area contributed by atoms with Crippen LogP contribution in [-0.2, 0) is 20.2 Å². The molecule has 2 aromatic rings. The molecule has 0 aromatic heterocycles. The third kappa shape index (κ3) is 6.64. The average molecular weight is 417 g/mol. The average Bonchev–Trinajstić information content (AvgIpc) is 2.67. The van der Waals surface area contributed by atoms with E-state index < -0.39 is 10.0 Å². The second kappa shape index (κ2) is 9.13. The van der Waals surface area contributed by atoms with Gasteiger partial charge in [-0.2, -0.15) is 0 Å². The van der Waals surface area contributed by atoms with E-state index in [1.807, 2.05) is 12.1 Å². The summed E-state index contributed by atoms with van der Waals surface area (Å²) in [5.41, 5.74) is 3.05. The third-order valence-electron chi connectivity index (χ3n) is 4.32. The highest BCUT2D eigenvalue weighted by Crippen LogP contribution is 2.29. The highest BCUT2D eigenvalue weighted by molar-refractivity contribution is 7.92. The number of nitrogens with one attached hydrogen (secondary N) is 2. The molecule has 0 saturated heterocycles. The van der Waals surface area contributed by atoms with Gasteiger partial charge in [-0.1, -0.05) is 45.0 Å². The first-order chi connectivity index (χ1) is 13.5. The zero-order valence-corrected chi connectivity index (χ0v) is 18.3. The van der Waals surface area contributed by atoms with Crippen LogP contribution in [0.3, 0.4) is 0 Å². The molecular weight excluding hydrogens is 388 g/mol. The summed E-state index contributed by atoms with van der Waals surface area (Å²) in [6.45, 7) is 8.00. The van der Waals surface area contributed by atoms with Gasteiger partial charge in [0.05, 0.1) is 18.6 Å². The van der Waals surface area contributed by atoms with Crippen molar-refractivity contribution < 1.29 is 17.9 Å². The van der Waals surface area contributed by atoms with Crippen molar-refractivity contribution in [3.05, 3.63) is 59.7 Å². The van der Waals surface area contributed by atoms with E-state index in [4.69, 9.17) is 4.74 Å². The standard InChI is InChI=1S/C22H28N2O4S/c1-6-29(26,27)24-19-13-12-18(15-20(19)28-5)23-21(25)14-9-16-7-10-17(11-8-16)22(2,3)4/h7-15,24H,6H2,1-5H3,(H,23,25). The van der Waals surface area contributed by atoms with Crippen molar-refractivity contribution in [1.29, 1.82) is 0 Å². The van der Waals surface area contributed by atoms with Crippen molar-refractivity contribution >= 4 is 33.4 Å². The fourth-order valence-electron chi connectivity index (χ4n) is 2.54. The van der Waals surface area contributed by atoms with E-state index in [0.29, 0.717) is 17.1 Å². The van der Waals surface area contributed by atoms with E-state index in [1.165, 1.54) is 18.7 Å². The van der Waals surface area contributed by atoms with Crippen LogP contribution in [0.2, 0.25) is 0 Å². The molecule has 0 radical (unpaired) electrons. The largest absolute Gasteiger partial charge is 0.494 e. The van der Waals surface area contributed by atoms with Crippen molar-refractivity contribution in [2.45, 2.75) is 33.1 Å². The molecule has 0 fully saturated rings. The van der Waals surface area contributed by atoms with Gasteiger partial charge in [0.15, 0.2) is 0 Å². The Bertz CT molecular complexity index is 988. The van der Waals surface area contributed by atoms with Crippen molar-refractivity contribution in [3.63, 3.8) is 0 Å². The normalized spacial score (nSPS) is 12.0. The summed E-state index contributed by atoms with van der Waals surface area (Å²) in [5.74, 6) is -0.0219. The van der Waals surface area contributed by atoms with Crippen LogP contribution in [0.4, 0.5) is 11.4 Å². The number of rotatable bonds is 7. The second-order valence-electron chi connectivity index (χ2n) is 7.62. The van der Waals surface area contributed by atoms with Crippen molar-refractivity contribution in [3.8, 4) is 5.75 Å². The summed E-state index contributed by atoms with van der Waals surface area (Å²) in [6.07, 6.45) is 3.19. The van der Waals surface area contributed by atoms with Gasteiger partial charge in [0, 0.05) is 17.8 Å². The van der Waals surface area contributed by atoms with Crippen LogP contribution < -0.4 is 14.8 Å². The summed E-state index contributed by atoms with van der Waals surface area (Å²) in [7, 11) is -1.98. The molecule has 0 aliphatic heterocycles. The summed E-state index contributed by atoms with van der Waals surface area (Å²) < 4.78 is 31.2. The predicted octanol–water partition coefficient (Wildman–Crippen LogP) is 4.41. The number of hydrogen-bond donors (Lipinski definition) is 2. The highest BCUT2D eigenvalue weighted by Gasteiger charge is 2.13. The molecule has 0 unspecified atom stereocenters. The number of benzene rings is 2. The molecule has 2 aromatic carbocycles. The first-order valence-electron chi connectivity index (χ1n) is 9.32. The van der Waals surface area contributed by atoms with E-state index in [1.54, 1.807) is 31.2 Å². The summed E-state index contributed by atoms with van der Waals surface area (Å²) in [4.78, 5) is 12.2. The Morgan fingerprint density at radius 3 is 2.31 bits per heavy atom. The number of carbonyl (C=O) groups excluding carboxylic acids is 1.